The third-order valence-electron chi connectivity index (χ3n) is 4.92. The first-order valence-corrected chi connectivity index (χ1v) is 8.99. The molecule has 0 N–H and O–H groups in total. The van der Waals surface area contributed by atoms with Crippen molar-refractivity contribution in [3.8, 4) is 16.9 Å². The molecule has 4 nitrogen and oxygen atoms in total. The number of nitrogens with zero attached hydrogens (tertiary/aromatic N) is 2. The Bertz CT molecular complexity index is 884. The molecular weight excluding hydrogens is 324 g/mol. The molecule has 2 aromatic carbocycles. The molecule has 1 saturated carbocycles. The molecule has 0 saturated heterocycles. The van der Waals surface area contributed by atoms with E-state index in [1.54, 1.807) is 6.92 Å². The Kier molecular flexibility index (Phi) is 4.57. The van der Waals surface area contributed by atoms with E-state index in [1.165, 1.54) is 5.56 Å². The maximum absolute atomic E-state index is 11.3. The van der Waals surface area contributed by atoms with E-state index in [0.29, 0.717) is 12.5 Å². The van der Waals surface area contributed by atoms with E-state index < -0.39 is 0 Å². The summed E-state index contributed by atoms with van der Waals surface area (Å²) in [6.07, 6.45) is 4.92. The molecule has 1 aliphatic carbocycles. The minimum atomic E-state index is 0.213. The van der Waals surface area contributed by atoms with E-state index >= 15 is 0 Å². The number of ketones is 1. The van der Waals surface area contributed by atoms with Gasteiger partial charge in [-0.05, 0) is 36.6 Å². The van der Waals surface area contributed by atoms with Crippen molar-refractivity contribution in [2.24, 2.45) is 11.8 Å². The number of carbonyl (C=O) groups is 1. The molecule has 0 radical (unpaired) electrons. The summed E-state index contributed by atoms with van der Waals surface area (Å²) in [6, 6.07) is 18.4. The molecular formula is C22H22N2O2. The molecule has 132 valence electrons. The van der Waals surface area contributed by atoms with Crippen molar-refractivity contribution in [1.29, 1.82) is 0 Å². The lowest BCUT2D eigenvalue weighted by molar-refractivity contribution is -0.118. The number of carbonyl (C=O) groups excluding carboxylic acids is 1. The average Bonchev–Trinajstić information content (AvgIpc) is 3.31. The second-order valence-corrected chi connectivity index (χ2v) is 6.96. The Morgan fingerprint density at radius 2 is 1.88 bits per heavy atom. The fraction of sp³-hybridized carbons (Fsp3) is 0.273. The summed E-state index contributed by atoms with van der Waals surface area (Å²) in [7, 11) is 0. The summed E-state index contributed by atoms with van der Waals surface area (Å²) in [4.78, 5) is 11.3. The van der Waals surface area contributed by atoms with Crippen LogP contribution >= 0.6 is 0 Å². The predicted octanol–water partition coefficient (Wildman–Crippen LogP) is 4.20. The van der Waals surface area contributed by atoms with Crippen LogP contribution in [0.5, 0.6) is 5.75 Å². The highest BCUT2D eigenvalue weighted by Crippen LogP contribution is 2.39. The van der Waals surface area contributed by atoms with E-state index in [4.69, 9.17) is 4.74 Å². The Morgan fingerprint density at radius 1 is 1.12 bits per heavy atom. The van der Waals surface area contributed by atoms with Crippen molar-refractivity contribution in [3.05, 3.63) is 72.6 Å². The zero-order chi connectivity index (χ0) is 17.9. The number of rotatable bonds is 7. The molecule has 2 atom stereocenters. The minimum Gasteiger partial charge on any atom is -0.493 e. The van der Waals surface area contributed by atoms with Crippen LogP contribution in [0.15, 0.2) is 67.0 Å². The summed E-state index contributed by atoms with van der Waals surface area (Å²) in [5.74, 6) is 1.73. The van der Waals surface area contributed by atoms with Gasteiger partial charge in [0.2, 0.25) is 0 Å². The molecule has 1 aromatic heterocycles. The molecule has 0 amide bonds. The van der Waals surface area contributed by atoms with E-state index in [9.17, 15) is 4.79 Å². The number of ether oxygens (including phenoxy) is 1. The van der Waals surface area contributed by atoms with Crippen molar-refractivity contribution in [3.63, 3.8) is 0 Å². The molecule has 3 aromatic rings. The number of hydrogen-bond acceptors (Lipinski definition) is 3. The summed E-state index contributed by atoms with van der Waals surface area (Å²) < 4.78 is 7.76. The lowest BCUT2D eigenvalue weighted by Gasteiger charge is -2.06. The maximum Gasteiger partial charge on any atom is 0.133 e. The molecule has 1 heterocycles. The van der Waals surface area contributed by atoms with Crippen LogP contribution in [0.2, 0.25) is 0 Å². The lowest BCUT2D eigenvalue weighted by Crippen LogP contribution is -2.04. The number of Topliss-reactive ketones (excluding diaryl/α,β-unsaturated/α-hetero) is 1. The third-order valence-corrected chi connectivity index (χ3v) is 4.92. The summed E-state index contributed by atoms with van der Waals surface area (Å²) in [5.41, 5.74) is 3.44. The molecule has 0 bridgehead atoms. The van der Waals surface area contributed by atoms with Gasteiger partial charge in [-0.3, -0.25) is 9.48 Å². The van der Waals surface area contributed by atoms with E-state index in [1.807, 2.05) is 41.2 Å². The van der Waals surface area contributed by atoms with Gasteiger partial charge in [0.05, 0.1) is 19.3 Å². The van der Waals surface area contributed by atoms with Crippen molar-refractivity contribution in [2.45, 2.75) is 19.9 Å². The predicted molar refractivity (Wildman–Crippen MR) is 101 cm³/mol. The van der Waals surface area contributed by atoms with Gasteiger partial charge >= 0.3 is 0 Å². The van der Waals surface area contributed by atoms with Crippen molar-refractivity contribution in [1.82, 2.24) is 9.78 Å². The molecule has 1 fully saturated rings. The molecule has 1 aliphatic rings. The van der Waals surface area contributed by atoms with Crippen LogP contribution < -0.4 is 4.74 Å². The van der Waals surface area contributed by atoms with Gasteiger partial charge in [0, 0.05) is 23.6 Å². The fourth-order valence-corrected chi connectivity index (χ4v) is 3.25. The molecule has 4 rings (SSSR count). The molecule has 26 heavy (non-hydrogen) atoms. The zero-order valence-corrected chi connectivity index (χ0v) is 14.8. The van der Waals surface area contributed by atoms with Crippen molar-refractivity contribution in [2.75, 3.05) is 6.61 Å². The van der Waals surface area contributed by atoms with Gasteiger partial charge in [0.25, 0.3) is 0 Å². The van der Waals surface area contributed by atoms with Gasteiger partial charge in [-0.1, -0.05) is 42.5 Å². The van der Waals surface area contributed by atoms with Crippen LogP contribution in [-0.2, 0) is 11.3 Å². The second-order valence-electron chi connectivity index (χ2n) is 6.96. The standard InChI is InChI=1S/C22H22N2O2/c1-16(25)22-11-19(22)15-26-21-9-7-18(8-10-21)20-12-23-24(14-20)13-17-5-3-2-4-6-17/h2-10,12,14,19,22H,11,13,15H2,1H3. The van der Waals surface area contributed by atoms with Crippen LogP contribution in [-0.4, -0.2) is 22.2 Å². The fourth-order valence-electron chi connectivity index (χ4n) is 3.25. The highest BCUT2D eigenvalue weighted by molar-refractivity contribution is 5.81. The SMILES string of the molecule is CC(=O)C1CC1COc1ccc(-c2cnn(Cc3ccccc3)c2)cc1. The molecule has 0 aliphatic heterocycles. The van der Waals surface area contributed by atoms with Crippen LogP contribution in [0, 0.1) is 11.8 Å². The van der Waals surface area contributed by atoms with Crippen LogP contribution in [0.4, 0.5) is 0 Å². The molecule has 4 heteroatoms. The van der Waals surface area contributed by atoms with Gasteiger partial charge < -0.3 is 4.74 Å². The summed E-state index contributed by atoms with van der Waals surface area (Å²) in [5, 5.41) is 4.46. The highest BCUT2D eigenvalue weighted by atomic mass is 16.5. The van der Waals surface area contributed by atoms with Gasteiger partial charge in [-0.25, -0.2) is 0 Å². The van der Waals surface area contributed by atoms with E-state index in [-0.39, 0.29) is 11.7 Å². The first-order chi connectivity index (χ1) is 12.7. The highest BCUT2D eigenvalue weighted by Gasteiger charge is 2.41. The Hall–Kier alpha value is -2.88. The Labute approximate surface area is 153 Å². The van der Waals surface area contributed by atoms with Crippen molar-refractivity contribution >= 4 is 5.78 Å². The molecule has 2 unspecified atom stereocenters. The monoisotopic (exact) mass is 346 g/mol. The smallest absolute Gasteiger partial charge is 0.133 e. The maximum atomic E-state index is 11.3. The average molecular weight is 346 g/mol. The topological polar surface area (TPSA) is 44.1 Å². The lowest BCUT2D eigenvalue weighted by atomic mass is 10.1. The number of aromatic nitrogens is 2. The van der Waals surface area contributed by atoms with E-state index in [2.05, 4.69) is 35.6 Å². The van der Waals surface area contributed by atoms with Gasteiger partial charge in [0.1, 0.15) is 11.5 Å². The van der Waals surface area contributed by atoms with Gasteiger partial charge in [-0.2, -0.15) is 5.10 Å². The second kappa shape index (κ2) is 7.16. The summed E-state index contributed by atoms with van der Waals surface area (Å²) in [6.45, 7) is 3.05. The normalized spacial score (nSPS) is 18.5. The Morgan fingerprint density at radius 3 is 2.58 bits per heavy atom. The zero-order valence-electron chi connectivity index (χ0n) is 14.8. The minimum absolute atomic E-state index is 0.213. The summed E-state index contributed by atoms with van der Waals surface area (Å²) >= 11 is 0. The Balaban J connectivity index is 1.36. The first-order valence-electron chi connectivity index (χ1n) is 8.99. The molecule has 0 spiro atoms. The van der Waals surface area contributed by atoms with Crippen LogP contribution in [0.25, 0.3) is 11.1 Å². The largest absolute Gasteiger partial charge is 0.493 e. The van der Waals surface area contributed by atoms with E-state index in [0.717, 1.165) is 29.8 Å². The third kappa shape index (κ3) is 3.85. The first kappa shape index (κ1) is 16.6. The van der Waals surface area contributed by atoms with Gasteiger partial charge in [0.15, 0.2) is 0 Å². The van der Waals surface area contributed by atoms with Gasteiger partial charge in [-0.15, -0.1) is 0 Å². The van der Waals surface area contributed by atoms with Crippen molar-refractivity contribution < 1.29 is 9.53 Å². The van der Waals surface area contributed by atoms with Crippen LogP contribution in [0.3, 0.4) is 0 Å². The quantitative estimate of drug-likeness (QED) is 0.644. The number of benzene rings is 2. The number of hydrogen-bond donors (Lipinski definition) is 0. The van der Waals surface area contributed by atoms with Crippen LogP contribution in [0.1, 0.15) is 18.9 Å².